The first kappa shape index (κ1) is 9.80. The molecule has 0 aliphatic rings. The van der Waals surface area contributed by atoms with Crippen LogP contribution >= 0.6 is 11.6 Å². The number of alkyl halides is 1. The largest absolute Gasteiger partial charge is 0.367 e. The Morgan fingerprint density at radius 1 is 1.46 bits per heavy atom. The number of hydrogen-bond acceptors (Lipinski definition) is 2. The molecule has 0 spiro atoms. The summed E-state index contributed by atoms with van der Waals surface area (Å²) in [7, 11) is 0. The molecule has 0 saturated carbocycles. The summed E-state index contributed by atoms with van der Waals surface area (Å²) in [5.41, 5.74) is 4.47. The first-order valence-electron chi connectivity index (χ1n) is 3.55. The van der Waals surface area contributed by atoms with Gasteiger partial charge in [-0.1, -0.05) is 11.6 Å². The van der Waals surface area contributed by atoms with E-state index in [-0.39, 0.29) is 5.82 Å². The van der Waals surface area contributed by atoms with E-state index in [1.54, 1.807) is 0 Å². The molecule has 13 heavy (non-hydrogen) atoms. The van der Waals surface area contributed by atoms with Crippen molar-refractivity contribution in [3.8, 4) is 0 Å². The van der Waals surface area contributed by atoms with E-state index in [9.17, 15) is 9.18 Å². The third kappa shape index (κ3) is 2.91. The first-order valence-corrected chi connectivity index (χ1v) is 3.99. The number of halogens is 2. The average Bonchev–Trinajstić information content (AvgIpc) is 2.08. The van der Waals surface area contributed by atoms with Gasteiger partial charge in [-0.25, -0.2) is 4.39 Å². The summed E-state index contributed by atoms with van der Waals surface area (Å²) >= 11 is 5.51. The van der Waals surface area contributed by atoms with E-state index >= 15 is 0 Å². The highest BCUT2D eigenvalue weighted by Gasteiger charge is 2.09. The smallest absolute Gasteiger partial charge is 0.255 e. The standard InChI is InChI=1S/C8H8ClFN2O/c9-7(8(11)13)12-6-3-1-5(10)2-4-6/h1-4,7,12H,(H2,11,13). The quantitative estimate of drug-likeness (QED) is 0.573. The molecular formula is C8H8ClFN2O. The molecule has 0 fully saturated rings. The van der Waals surface area contributed by atoms with Gasteiger partial charge < -0.3 is 11.1 Å². The molecule has 0 aromatic heterocycles. The Morgan fingerprint density at radius 2 is 2.00 bits per heavy atom. The van der Waals surface area contributed by atoms with E-state index in [4.69, 9.17) is 17.3 Å². The fourth-order valence-corrected chi connectivity index (χ4v) is 0.890. The second-order valence-corrected chi connectivity index (χ2v) is 2.85. The molecule has 1 unspecified atom stereocenters. The zero-order chi connectivity index (χ0) is 9.84. The van der Waals surface area contributed by atoms with E-state index < -0.39 is 11.4 Å². The van der Waals surface area contributed by atoms with Gasteiger partial charge in [-0.05, 0) is 24.3 Å². The minimum absolute atomic E-state index is 0.351. The molecule has 1 aromatic carbocycles. The van der Waals surface area contributed by atoms with E-state index in [0.717, 1.165) is 0 Å². The van der Waals surface area contributed by atoms with Crippen LogP contribution in [0.15, 0.2) is 24.3 Å². The Balaban J connectivity index is 2.64. The van der Waals surface area contributed by atoms with Crippen LogP contribution in [0.4, 0.5) is 10.1 Å². The van der Waals surface area contributed by atoms with Gasteiger partial charge in [-0.3, -0.25) is 4.79 Å². The Bertz CT molecular complexity index is 302. The maximum absolute atomic E-state index is 12.4. The third-order valence-corrected chi connectivity index (χ3v) is 1.71. The molecule has 70 valence electrons. The minimum atomic E-state index is -0.981. The lowest BCUT2D eigenvalue weighted by atomic mass is 10.3. The zero-order valence-electron chi connectivity index (χ0n) is 6.63. The highest BCUT2D eigenvalue weighted by atomic mass is 35.5. The lowest BCUT2D eigenvalue weighted by Gasteiger charge is -2.08. The van der Waals surface area contributed by atoms with Gasteiger partial charge >= 0.3 is 0 Å². The fraction of sp³-hybridized carbons (Fsp3) is 0.125. The second-order valence-electron chi connectivity index (χ2n) is 2.42. The fourth-order valence-electron chi connectivity index (χ4n) is 0.764. The topological polar surface area (TPSA) is 55.1 Å². The summed E-state index contributed by atoms with van der Waals surface area (Å²) in [4.78, 5) is 10.5. The van der Waals surface area contributed by atoms with Crippen molar-refractivity contribution in [2.75, 3.05) is 5.32 Å². The SMILES string of the molecule is NC(=O)C(Cl)Nc1ccc(F)cc1. The molecule has 0 radical (unpaired) electrons. The van der Waals surface area contributed by atoms with Gasteiger partial charge in [-0.2, -0.15) is 0 Å². The maximum atomic E-state index is 12.4. The van der Waals surface area contributed by atoms with Crippen molar-refractivity contribution >= 4 is 23.2 Å². The van der Waals surface area contributed by atoms with Gasteiger partial charge in [0.15, 0.2) is 5.50 Å². The highest BCUT2D eigenvalue weighted by Crippen LogP contribution is 2.10. The van der Waals surface area contributed by atoms with Crippen LogP contribution in [-0.4, -0.2) is 11.4 Å². The molecule has 0 aliphatic heterocycles. The van der Waals surface area contributed by atoms with Crippen LogP contribution in [0.2, 0.25) is 0 Å². The Labute approximate surface area is 79.7 Å². The van der Waals surface area contributed by atoms with Crippen molar-refractivity contribution in [3.05, 3.63) is 30.1 Å². The van der Waals surface area contributed by atoms with Gasteiger partial charge in [0.05, 0.1) is 0 Å². The number of carbonyl (C=O) groups excluding carboxylic acids is 1. The number of nitrogens with one attached hydrogen (secondary N) is 1. The number of hydrogen-bond donors (Lipinski definition) is 2. The predicted octanol–water partition coefficient (Wildman–Crippen LogP) is 1.29. The van der Waals surface area contributed by atoms with E-state index in [1.165, 1.54) is 24.3 Å². The number of nitrogens with two attached hydrogens (primary N) is 1. The second kappa shape index (κ2) is 4.09. The average molecular weight is 203 g/mol. The van der Waals surface area contributed by atoms with Crippen LogP contribution in [0, 0.1) is 5.82 Å². The van der Waals surface area contributed by atoms with Crippen molar-refractivity contribution in [2.24, 2.45) is 5.73 Å². The summed E-state index contributed by atoms with van der Waals surface area (Å²) in [6, 6.07) is 5.45. The van der Waals surface area contributed by atoms with Crippen LogP contribution in [-0.2, 0) is 4.79 Å². The van der Waals surface area contributed by atoms with E-state index in [2.05, 4.69) is 5.32 Å². The van der Waals surface area contributed by atoms with Gasteiger partial charge in [-0.15, -0.1) is 0 Å². The molecule has 1 amide bonds. The monoisotopic (exact) mass is 202 g/mol. The molecule has 0 saturated heterocycles. The van der Waals surface area contributed by atoms with Crippen LogP contribution in [0.25, 0.3) is 0 Å². The van der Waals surface area contributed by atoms with Gasteiger partial charge in [0.25, 0.3) is 5.91 Å². The summed E-state index contributed by atoms with van der Waals surface area (Å²) < 4.78 is 12.4. The van der Waals surface area contributed by atoms with Crippen LogP contribution in [0.3, 0.4) is 0 Å². The maximum Gasteiger partial charge on any atom is 0.255 e. The first-order chi connectivity index (χ1) is 6.09. The molecule has 0 heterocycles. The molecule has 0 bridgehead atoms. The van der Waals surface area contributed by atoms with Gasteiger partial charge in [0.1, 0.15) is 5.82 Å². The summed E-state index contributed by atoms with van der Waals surface area (Å²) in [6.45, 7) is 0. The number of rotatable bonds is 3. The molecule has 1 atom stereocenters. The normalized spacial score (nSPS) is 12.2. The van der Waals surface area contributed by atoms with Crippen LogP contribution in [0.5, 0.6) is 0 Å². The number of benzene rings is 1. The van der Waals surface area contributed by atoms with Crippen molar-refractivity contribution in [3.63, 3.8) is 0 Å². The van der Waals surface area contributed by atoms with E-state index in [0.29, 0.717) is 5.69 Å². The molecule has 1 rings (SSSR count). The number of carbonyl (C=O) groups is 1. The molecule has 3 nitrogen and oxygen atoms in total. The Kier molecular flexibility index (Phi) is 3.08. The van der Waals surface area contributed by atoms with Crippen LogP contribution in [0.1, 0.15) is 0 Å². The van der Waals surface area contributed by atoms with Crippen LogP contribution < -0.4 is 11.1 Å². The van der Waals surface area contributed by atoms with E-state index in [1.807, 2.05) is 0 Å². The molecule has 5 heteroatoms. The predicted molar refractivity (Wildman–Crippen MR) is 48.9 cm³/mol. The molecular weight excluding hydrogens is 195 g/mol. The number of anilines is 1. The van der Waals surface area contributed by atoms with Crippen molar-refractivity contribution in [1.29, 1.82) is 0 Å². The third-order valence-electron chi connectivity index (χ3n) is 1.39. The Hall–Kier alpha value is -1.29. The molecule has 1 aromatic rings. The van der Waals surface area contributed by atoms with Crippen molar-refractivity contribution < 1.29 is 9.18 Å². The van der Waals surface area contributed by atoms with Gasteiger partial charge in [0.2, 0.25) is 0 Å². The number of primary amides is 1. The molecule has 0 aliphatic carbocycles. The summed E-state index contributed by atoms with van der Waals surface area (Å²) in [6.07, 6.45) is 0. The summed E-state index contributed by atoms with van der Waals surface area (Å²) in [5, 5.41) is 2.59. The summed E-state index contributed by atoms with van der Waals surface area (Å²) in [5.74, 6) is -1.03. The lowest BCUT2D eigenvalue weighted by Crippen LogP contribution is -2.30. The Morgan fingerprint density at radius 3 is 2.46 bits per heavy atom. The lowest BCUT2D eigenvalue weighted by molar-refractivity contribution is -0.117. The van der Waals surface area contributed by atoms with Crippen molar-refractivity contribution in [1.82, 2.24) is 0 Å². The minimum Gasteiger partial charge on any atom is -0.367 e. The van der Waals surface area contributed by atoms with Crippen molar-refractivity contribution in [2.45, 2.75) is 5.50 Å². The zero-order valence-corrected chi connectivity index (χ0v) is 7.38. The molecule has 3 N–H and O–H groups in total. The number of amides is 1. The highest BCUT2D eigenvalue weighted by molar-refractivity contribution is 6.31. The van der Waals surface area contributed by atoms with Gasteiger partial charge in [0, 0.05) is 5.69 Å².